The molecule has 0 saturated carbocycles. The van der Waals surface area contributed by atoms with E-state index in [2.05, 4.69) is 20.3 Å². The van der Waals surface area contributed by atoms with Gasteiger partial charge in [-0.3, -0.25) is 0 Å². The van der Waals surface area contributed by atoms with Crippen molar-refractivity contribution in [1.29, 1.82) is 0 Å². The molecule has 17 heavy (non-hydrogen) atoms. The molecule has 0 spiro atoms. The van der Waals surface area contributed by atoms with Gasteiger partial charge in [-0.05, 0) is 12.1 Å². The predicted octanol–water partition coefficient (Wildman–Crippen LogP) is 1.16. The molecule has 0 aliphatic carbocycles. The summed E-state index contributed by atoms with van der Waals surface area (Å²) in [7, 11) is 0. The maximum atomic E-state index is 10.5. The van der Waals surface area contributed by atoms with E-state index in [0.29, 0.717) is 5.69 Å². The number of hydrogen-bond acceptors (Lipinski definition) is 5. The minimum absolute atomic E-state index is 0.475. The number of nitrogens with zero attached hydrogens (tertiary/aromatic N) is 4. The van der Waals surface area contributed by atoms with Gasteiger partial charge in [0.15, 0.2) is 0 Å². The molecule has 6 nitrogen and oxygen atoms in total. The fourth-order valence-corrected chi connectivity index (χ4v) is 1.20. The molecule has 6 heteroatoms. The average molecular weight is 230 g/mol. The third-order valence-corrected chi connectivity index (χ3v) is 1.90. The van der Waals surface area contributed by atoms with E-state index >= 15 is 0 Å². The minimum Gasteiger partial charge on any atom is -0.319 e. The molecule has 2 rings (SSSR count). The molecule has 0 aliphatic heterocycles. The molecule has 0 amide bonds. The monoisotopic (exact) mass is 230 g/mol. The van der Waals surface area contributed by atoms with Crippen molar-refractivity contribution in [2.75, 3.05) is 0 Å². The fraction of sp³-hybridized carbons (Fsp3) is 0.0909. The third-order valence-electron chi connectivity index (χ3n) is 1.90. The quantitative estimate of drug-likeness (QED) is 0.451. The molecule has 0 saturated heterocycles. The second-order valence-corrected chi connectivity index (χ2v) is 3.24. The van der Waals surface area contributed by atoms with E-state index in [0.717, 1.165) is 5.69 Å². The number of carbonyl (C=O) groups excluding carboxylic acids is 1. The second-order valence-electron chi connectivity index (χ2n) is 3.24. The average Bonchev–Trinajstić information content (AvgIpc) is 2.78. The Kier molecular flexibility index (Phi) is 3.25. The number of carbonyl (C=O) groups is 1. The van der Waals surface area contributed by atoms with Crippen LogP contribution in [0.1, 0.15) is 12.6 Å². The van der Waals surface area contributed by atoms with Crippen LogP contribution < -0.4 is 0 Å². The summed E-state index contributed by atoms with van der Waals surface area (Å²) < 4.78 is 1.61. The van der Waals surface area contributed by atoms with Crippen LogP contribution in [-0.2, 0) is 9.63 Å². The van der Waals surface area contributed by atoms with E-state index in [-0.39, 0.29) is 0 Å². The molecule has 0 N–H and O–H groups in total. The Morgan fingerprint density at radius 1 is 1.41 bits per heavy atom. The van der Waals surface area contributed by atoms with Gasteiger partial charge in [-0.15, -0.1) is 5.10 Å². The van der Waals surface area contributed by atoms with Gasteiger partial charge in [-0.1, -0.05) is 28.6 Å². The van der Waals surface area contributed by atoms with Crippen LogP contribution in [0.3, 0.4) is 0 Å². The molecule has 1 aromatic carbocycles. The highest BCUT2D eigenvalue weighted by Crippen LogP contribution is 2.04. The van der Waals surface area contributed by atoms with Crippen molar-refractivity contribution in [3.05, 3.63) is 42.2 Å². The van der Waals surface area contributed by atoms with Gasteiger partial charge in [0, 0.05) is 6.92 Å². The summed E-state index contributed by atoms with van der Waals surface area (Å²) in [5.41, 5.74) is 1.40. The van der Waals surface area contributed by atoms with Gasteiger partial charge in [-0.2, -0.15) is 0 Å². The van der Waals surface area contributed by atoms with E-state index < -0.39 is 5.97 Å². The van der Waals surface area contributed by atoms with Crippen LogP contribution in [0.25, 0.3) is 5.69 Å². The summed E-state index contributed by atoms with van der Waals surface area (Å²) in [5.74, 6) is -0.475. The Morgan fingerprint density at radius 3 is 2.88 bits per heavy atom. The van der Waals surface area contributed by atoms with Crippen molar-refractivity contribution in [2.24, 2.45) is 5.16 Å². The number of aromatic nitrogens is 3. The lowest BCUT2D eigenvalue weighted by atomic mass is 10.3. The van der Waals surface area contributed by atoms with Crippen molar-refractivity contribution in [3.63, 3.8) is 0 Å². The first-order chi connectivity index (χ1) is 8.25. The number of benzene rings is 1. The van der Waals surface area contributed by atoms with Gasteiger partial charge in [0.05, 0.1) is 18.1 Å². The molecule has 0 aliphatic rings. The highest BCUT2D eigenvalue weighted by molar-refractivity contribution is 5.77. The Balaban J connectivity index is 2.11. The first kappa shape index (κ1) is 11.0. The maximum Gasteiger partial charge on any atom is 0.331 e. The Morgan fingerprint density at radius 2 is 2.18 bits per heavy atom. The summed E-state index contributed by atoms with van der Waals surface area (Å²) in [5, 5.41) is 11.2. The number of rotatable bonds is 3. The molecule has 0 radical (unpaired) electrons. The van der Waals surface area contributed by atoms with Crippen molar-refractivity contribution < 1.29 is 9.63 Å². The Labute approximate surface area is 97.5 Å². The Bertz CT molecular complexity index is 533. The SMILES string of the molecule is CC(=O)O/N=C\c1cn(-c2ccccc2)nn1. The first-order valence-electron chi connectivity index (χ1n) is 4.94. The standard InChI is InChI=1S/C11H10N4O2/c1-9(16)17-12-7-10-8-15(14-13-10)11-5-3-2-4-6-11/h2-8H,1H3/b12-7-. The molecule has 0 unspecified atom stereocenters. The zero-order valence-corrected chi connectivity index (χ0v) is 9.15. The highest BCUT2D eigenvalue weighted by atomic mass is 16.7. The molecule has 0 fully saturated rings. The van der Waals surface area contributed by atoms with Crippen LogP contribution in [-0.4, -0.2) is 27.2 Å². The lowest BCUT2D eigenvalue weighted by molar-refractivity contribution is -0.140. The van der Waals surface area contributed by atoms with Gasteiger partial charge in [0.2, 0.25) is 0 Å². The third kappa shape index (κ3) is 2.97. The molecule has 0 atom stereocenters. The van der Waals surface area contributed by atoms with Gasteiger partial charge in [-0.25, -0.2) is 9.48 Å². The normalized spacial score (nSPS) is 10.6. The number of oxime groups is 1. The van der Waals surface area contributed by atoms with Crippen molar-refractivity contribution >= 4 is 12.2 Å². The highest BCUT2D eigenvalue weighted by Gasteiger charge is 2.00. The van der Waals surface area contributed by atoms with Gasteiger partial charge < -0.3 is 4.84 Å². The topological polar surface area (TPSA) is 69.4 Å². The molecular weight excluding hydrogens is 220 g/mol. The van der Waals surface area contributed by atoms with Crippen molar-refractivity contribution in [2.45, 2.75) is 6.92 Å². The van der Waals surface area contributed by atoms with Crippen molar-refractivity contribution in [3.8, 4) is 5.69 Å². The smallest absolute Gasteiger partial charge is 0.319 e. The molecule has 1 aromatic heterocycles. The first-order valence-corrected chi connectivity index (χ1v) is 4.94. The summed E-state index contributed by atoms with van der Waals surface area (Å²) >= 11 is 0. The Hall–Kier alpha value is -2.50. The molecule has 0 bridgehead atoms. The zero-order chi connectivity index (χ0) is 12.1. The van der Waals surface area contributed by atoms with Crippen LogP contribution >= 0.6 is 0 Å². The summed E-state index contributed by atoms with van der Waals surface area (Å²) in [6, 6.07) is 9.54. The van der Waals surface area contributed by atoms with E-state index in [1.54, 1.807) is 10.9 Å². The number of para-hydroxylation sites is 1. The van der Waals surface area contributed by atoms with Crippen LogP contribution in [0.15, 0.2) is 41.7 Å². The van der Waals surface area contributed by atoms with Crippen LogP contribution in [0.4, 0.5) is 0 Å². The minimum atomic E-state index is -0.475. The van der Waals surface area contributed by atoms with E-state index in [4.69, 9.17) is 0 Å². The molecule has 2 aromatic rings. The van der Waals surface area contributed by atoms with Gasteiger partial charge in [0.25, 0.3) is 0 Å². The predicted molar refractivity (Wildman–Crippen MR) is 60.7 cm³/mol. The zero-order valence-electron chi connectivity index (χ0n) is 9.15. The van der Waals surface area contributed by atoms with Crippen LogP contribution in [0.5, 0.6) is 0 Å². The largest absolute Gasteiger partial charge is 0.331 e. The lowest BCUT2D eigenvalue weighted by Gasteiger charge is -1.96. The summed E-state index contributed by atoms with van der Waals surface area (Å²) in [6.45, 7) is 1.28. The van der Waals surface area contributed by atoms with Gasteiger partial charge in [0.1, 0.15) is 5.69 Å². The van der Waals surface area contributed by atoms with Crippen molar-refractivity contribution in [1.82, 2.24) is 15.0 Å². The maximum absolute atomic E-state index is 10.5. The van der Waals surface area contributed by atoms with Gasteiger partial charge >= 0.3 is 5.97 Å². The van der Waals surface area contributed by atoms with E-state index in [1.807, 2.05) is 30.3 Å². The van der Waals surface area contributed by atoms with E-state index in [9.17, 15) is 4.79 Å². The summed E-state index contributed by atoms with van der Waals surface area (Å²) in [4.78, 5) is 14.9. The molecule has 86 valence electrons. The molecule has 1 heterocycles. The molecular formula is C11H10N4O2. The van der Waals surface area contributed by atoms with Crippen LogP contribution in [0.2, 0.25) is 0 Å². The lowest BCUT2D eigenvalue weighted by Crippen LogP contribution is -1.93. The number of hydrogen-bond donors (Lipinski definition) is 0. The van der Waals surface area contributed by atoms with Crippen LogP contribution in [0, 0.1) is 0 Å². The summed E-state index contributed by atoms with van der Waals surface area (Å²) in [6.07, 6.45) is 3.01. The van der Waals surface area contributed by atoms with E-state index in [1.165, 1.54) is 13.1 Å². The fourth-order valence-electron chi connectivity index (χ4n) is 1.20. The second kappa shape index (κ2) is 5.02.